The number of ether oxygens (including phenoxy) is 2. The summed E-state index contributed by atoms with van der Waals surface area (Å²) in [6.07, 6.45) is 0. The summed E-state index contributed by atoms with van der Waals surface area (Å²) in [5.41, 5.74) is 0.986. The number of rotatable bonds is 5. The summed E-state index contributed by atoms with van der Waals surface area (Å²) in [4.78, 5) is 39.2. The Morgan fingerprint density at radius 1 is 1.17 bits per heavy atom. The van der Waals surface area contributed by atoms with E-state index in [-0.39, 0.29) is 24.6 Å². The summed E-state index contributed by atoms with van der Waals surface area (Å²) in [7, 11) is 0. The molecule has 1 aliphatic heterocycles. The number of esters is 1. The lowest BCUT2D eigenvalue weighted by molar-refractivity contribution is -0.133. The van der Waals surface area contributed by atoms with E-state index in [9.17, 15) is 14.4 Å². The van der Waals surface area contributed by atoms with E-state index in [1.165, 1.54) is 4.90 Å². The summed E-state index contributed by atoms with van der Waals surface area (Å²) in [6, 6.07) is 12.1. The van der Waals surface area contributed by atoms with E-state index in [1.54, 1.807) is 51.1 Å². The first-order valence-electron chi connectivity index (χ1n) is 9.40. The van der Waals surface area contributed by atoms with Gasteiger partial charge in [-0.25, -0.2) is 4.79 Å². The van der Waals surface area contributed by atoms with Crippen molar-refractivity contribution in [3.8, 4) is 5.75 Å². The van der Waals surface area contributed by atoms with E-state index >= 15 is 0 Å². The predicted octanol–water partition coefficient (Wildman–Crippen LogP) is 3.31. The van der Waals surface area contributed by atoms with Crippen LogP contribution in [0.15, 0.2) is 42.5 Å². The molecule has 0 bridgehead atoms. The zero-order chi connectivity index (χ0) is 21.2. The number of amides is 2. The first-order chi connectivity index (χ1) is 13.7. The molecule has 1 N–H and O–H groups in total. The van der Waals surface area contributed by atoms with Gasteiger partial charge in [0.05, 0.1) is 23.5 Å². The molecule has 0 unspecified atom stereocenters. The van der Waals surface area contributed by atoms with Crippen LogP contribution in [0.25, 0.3) is 0 Å². The topological polar surface area (TPSA) is 84.9 Å². The number of nitrogens with zero attached hydrogens (tertiary/aromatic N) is 1. The SMILES string of the molecule is CCOC(=O)c1ccccc1NC(=O)CN1C(=O)C(C)(C)Oc2ccc(C)cc21. The summed E-state index contributed by atoms with van der Waals surface area (Å²) in [6.45, 7) is 6.97. The lowest BCUT2D eigenvalue weighted by Crippen LogP contribution is -2.54. The van der Waals surface area contributed by atoms with Gasteiger partial charge in [0.2, 0.25) is 5.91 Å². The van der Waals surface area contributed by atoms with Crippen molar-refractivity contribution < 1.29 is 23.9 Å². The van der Waals surface area contributed by atoms with Gasteiger partial charge in [-0.1, -0.05) is 18.2 Å². The molecule has 0 saturated heterocycles. The third-order valence-corrected chi connectivity index (χ3v) is 4.53. The molecule has 0 radical (unpaired) electrons. The third-order valence-electron chi connectivity index (χ3n) is 4.53. The van der Waals surface area contributed by atoms with Gasteiger partial charge in [-0.2, -0.15) is 0 Å². The highest BCUT2D eigenvalue weighted by molar-refractivity contribution is 6.09. The summed E-state index contributed by atoms with van der Waals surface area (Å²) in [5.74, 6) is -0.724. The lowest BCUT2D eigenvalue weighted by Gasteiger charge is -2.38. The maximum Gasteiger partial charge on any atom is 0.340 e. The van der Waals surface area contributed by atoms with Crippen molar-refractivity contribution >= 4 is 29.2 Å². The van der Waals surface area contributed by atoms with Gasteiger partial charge < -0.3 is 14.8 Å². The molecule has 0 saturated carbocycles. The van der Waals surface area contributed by atoms with Crippen LogP contribution in [0.2, 0.25) is 0 Å². The number of aryl methyl sites for hydroxylation is 1. The molecule has 0 fully saturated rings. The molecule has 7 nitrogen and oxygen atoms in total. The number of carbonyl (C=O) groups excluding carboxylic acids is 3. The largest absolute Gasteiger partial charge is 0.476 e. The monoisotopic (exact) mass is 396 g/mol. The molecular formula is C22H24N2O5. The molecular weight excluding hydrogens is 372 g/mol. The smallest absolute Gasteiger partial charge is 0.340 e. The first kappa shape index (κ1) is 20.4. The molecule has 0 spiro atoms. The first-order valence-corrected chi connectivity index (χ1v) is 9.40. The number of benzene rings is 2. The molecule has 7 heteroatoms. The van der Waals surface area contributed by atoms with E-state index in [0.29, 0.717) is 17.1 Å². The number of fused-ring (bicyclic) bond motifs is 1. The molecule has 1 aliphatic rings. The molecule has 3 rings (SSSR count). The lowest BCUT2D eigenvalue weighted by atomic mass is 10.0. The fourth-order valence-corrected chi connectivity index (χ4v) is 3.15. The van der Waals surface area contributed by atoms with E-state index in [4.69, 9.17) is 9.47 Å². The van der Waals surface area contributed by atoms with Crippen LogP contribution in [0.1, 0.15) is 36.7 Å². The van der Waals surface area contributed by atoms with Crippen LogP contribution in [0.4, 0.5) is 11.4 Å². The van der Waals surface area contributed by atoms with Gasteiger partial charge in [-0.3, -0.25) is 14.5 Å². The van der Waals surface area contributed by atoms with E-state index < -0.39 is 17.5 Å². The number of carbonyl (C=O) groups is 3. The van der Waals surface area contributed by atoms with E-state index in [1.807, 2.05) is 19.1 Å². The number of nitrogens with one attached hydrogen (secondary N) is 1. The highest BCUT2D eigenvalue weighted by Gasteiger charge is 2.41. The fraction of sp³-hybridized carbons (Fsp3) is 0.318. The number of anilines is 2. The zero-order valence-electron chi connectivity index (χ0n) is 16.9. The molecule has 2 aromatic rings. The van der Waals surface area contributed by atoms with Crippen molar-refractivity contribution in [2.24, 2.45) is 0 Å². The average Bonchev–Trinajstić information content (AvgIpc) is 2.66. The quantitative estimate of drug-likeness (QED) is 0.784. The minimum absolute atomic E-state index is 0.209. The zero-order valence-corrected chi connectivity index (χ0v) is 16.9. The van der Waals surface area contributed by atoms with Crippen LogP contribution in [-0.2, 0) is 14.3 Å². The minimum atomic E-state index is -1.09. The molecule has 152 valence electrons. The normalized spacial score (nSPS) is 14.6. The predicted molar refractivity (Wildman–Crippen MR) is 109 cm³/mol. The highest BCUT2D eigenvalue weighted by Crippen LogP contribution is 2.38. The van der Waals surface area contributed by atoms with E-state index in [0.717, 1.165) is 5.56 Å². The van der Waals surface area contributed by atoms with Crippen LogP contribution in [0.5, 0.6) is 5.75 Å². The molecule has 0 aliphatic carbocycles. The Kier molecular flexibility index (Phi) is 5.59. The van der Waals surface area contributed by atoms with Crippen molar-refractivity contribution in [2.45, 2.75) is 33.3 Å². The summed E-state index contributed by atoms with van der Waals surface area (Å²) in [5, 5.41) is 2.72. The molecule has 0 atom stereocenters. The second-order valence-electron chi connectivity index (χ2n) is 7.29. The summed E-state index contributed by atoms with van der Waals surface area (Å²) >= 11 is 0. The highest BCUT2D eigenvalue weighted by atomic mass is 16.5. The van der Waals surface area contributed by atoms with Gasteiger partial charge in [0.25, 0.3) is 5.91 Å². The third kappa shape index (κ3) is 4.23. The van der Waals surface area contributed by atoms with Gasteiger partial charge in [0.1, 0.15) is 12.3 Å². The Morgan fingerprint density at radius 2 is 1.90 bits per heavy atom. The standard InChI is InChI=1S/C22H24N2O5/c1-5-28-20(26)15-8-6-7-9-16(15)23-19(25)13-24-17-12-14(2)10-11-18(17)29-22(3,4)21(24)27/h6-12H,5,13H2,1-4H3,(H,23,25). The fourth-order valence-electron chi connectivity index (χ4n) is 3.15. The Labute approximate surface area is 169 Å². The van der Waals surface area contributed by atoms with E-state index in [2.05, 4.69) is 5.32 Å². The average molecular weight is 396 g/mol. The second kappa shape index (κ2) is 7.95. The molecule has 2 aromatic carbocycles. The summed E-state index contributed by atoms with van der Waals surface area (Å²) < 4.78 is 10.8. The van der Waals surface area contributed by atoms with Crippen LogP contribution in [-0.4, -0.2) is 36.5 Å². The maximum absolute atomic E-state index is 12.9. The molecule has 2 amide bonds. The Morgan fingerprint density at radius 3 is 2.62 bits per heavy atom. The Hall–Kier alpha value is -3.35. The Balaban J connectivity index is 1.85. The maximum atomic E-state index is 12.9. The van der Waals surface area contributed by atoms with Gasteiger partial charge in [0.15, 0.2) is 5.60 Å². The van der Waals surface area contributed by atoms with Gasteiger partial charge >= 0.3 is 5.97 Å². The van der Waals surface area contributed by atoms with Crippen LogP contribution < -0.4 is 15.0 Å². The Bertz CT molecular complexity index is 967. The number of hydrogen-bond donors (Lipinski definition) is 1. The molecule has 1 heterocycles. The van der Waals surface area contributed by atoms with Crippen LogP contribution >= 0.6 is 0 Å². The van der Waals surface area contributed by atoms with Crippen LogP contribution in [0.3, 0.4) is 0 Å². The van der Waals surface area contributed by atoms with Gasteiger partial charge in [-0.15, -0.1) is 0 Å². The van der Waals surface area contributed by atoms with Crippen molar-refractivity contribution in [3.63, 3.8) is 0 Å². The molecule has 29 heavy (non-hydrogen) atoms. The van der Waals surface area contributed by atoms with Gasteiger partial charge in [0, 0.05) is 0 Å². The number of para-hydroxylation sites is 1. The van der Waals surface area contributed by atoms with Crippen molar-refractivity contribution in [2.75, 3.05) is 23.4 Å². The second-order valence-corrected chi connectivity index (χ2v) is 7.29. The van der Waals surface area contributed by atoms with Crippen molar-refractivity contribution in [3.05, 3.63) is 53.6 Å². The van der Waals surface area contributed by atoms with Crippen molar-refractivity contribution in [1.82, 2.24) is 0 Å². The molecule has 0 aromatic heterocycles. The van der Waals surface area contributed by atoms with Crippen molar-refractivity contribution in [1.29, 1.82) is 0 Å². The minimum Gasteiger partial charge on any atom is -0.476 e. The van der Waals surface area contributed by atoms with Gasteiger partial charge in [-0.05, 0) is 57.5 Å². The number of hydrogen-bond acceptors (Lipinski definition) is 5. The van der Waals surface area contributed by atoms with Crippen LogP contribution in [0, 0.1) is 6.92 Å².